The molecule has 8 nitrogen and oxygen atoms in total. The van der Waals surface area contributed by atoms with Crippen molar-refractivity contribution in [2.45, 2.75) is 33.2 Å². The summed E-state index contributed by atoms with van der Waals surface area (Å²) in [5.41, 5.74) is 0.416. The molecule has 0 bridgehead atoms. The van der Waals surface area contributed by atoms with E-state index in [1.54, 1.807) is 6.92 Å². The van der Waals surface area contributed by atoms with Gasteiger partial charge in [0.2, 0.25) is 0 Å². The molecule has 1 amide bonds. The molecule has 24 heavy (non-hydrogen) atoms. The van der Waals surface area contributed by atoms with Crippen LogP contribution >= 0.6 is 0 Å². The summed E-state index contributed by atoms with van der Waals surface area (Å²) in [6.07, 6.45) is 0.453. The lowest BCUT2D eigenvalue weighted by Gasteiger charge is -2.18. The smallest absolute Gasteiger partial charge is 0.328 e. The molecule has 0 aliphatic carbocycles. The second kappa shape index (κ2) is 8.85. The number of amides is 1. The average Bonchev–Trinajstić information content (AvgIpc) is 2.50. The molecule has 0 aromatic heterocycles. The first-order valence-electron chi connectivity index (χ1n) is 7.49. The molecule has 0 spiro atoms. The number of nitro benzene ring substituents is 1. The molecule has 0 saturated carbocycles. The van der Waals surface area contributed by atoms with Crippen molar-refractivity contribution in [2.75, 3.05) is 13.7 Å². The van der Waals surface area contributed by atoms with E-state index in [-0.39, 0.29) is 18.2 Å². The van der Waals surface area contributed by atoms with Gasteiger partial charge in [0, 0.05) is 11.6 Å². The van der Waals surface area contributed by atoms with Gasteiger partial charge < -0.3 is 14.8 Å². The number of ether oxygens (including phenoxy) is 2. The lowest BCUT2D eigenvalue weighted by molar-refractivity contribution is -0.385. The first-order valence-corrected chi connectivity index (χ1v) is 7.49. The normalized spacial score (nSPS) is 11.7. The van der Waals surface area contributed by atoms with E-state index in [0.29, 0.717) is 17.7 Å². The minimum Gasteiger partial charge on any atom is -0.484 e. The summed E-state index contributed by atoms with van der Waals surface area (Å²) < 4.78 is 9.99. The van der Waals surface area contributed by atoms with Crippen LogP contribution in [0.15, 0.2) is 18.2 Å². The highest BCUT2D eigenvalue weighted by Gasteiger charge is 2.22. The maximum Gasteiger partial charge on any atom is 0.328 e. The van der Waals surface area contributed by atoms with Gasteiger partial charge in [-0.1, -0.05) is 13.8 Å². The number of rotatable bonds is 8. The fourth-order valence-corrected chi connectivity index (χ4v) is 2.14. The zero-order chi connectivity index (χ0) is 18.3. The minimum atomic E-state index is -0.732. The van der Waals surface area contributed by atoms with Crippen molar-refractivity contribution >= 4 is 17.6 Å². The molecule has 0 aliphatic rings. The van der Waals surface area contributed by atoms with Gasteiger partial charge in [0.15, 0.2) is 6.61 Å². The molecule has 0 fully saturated rings. The van der Waals surface area contributed by atoms with Crippen LogP contribution in [0, 0.1) is 23.0 Å². The highest BCUT2D eigenvalue weighted by molar-refractivity contribution is 5.85. The van der Waals surface area contributed by atoms with Gasteiger partial charge in [-0.25, -0.2) is 4.79 Å². The minimum absolute atomic E-state index is 0.0190. The molecule has 1 aromatic rings. The zero-order valence-electron chi connectivity index (χ0n) is 14.2. The number of hydrogen-bond donors (Lipinski definition) is 1. The highest BCUT2D eigenvalue weighted by Crippen LogP contribution is 2.22. The standard InChI is InChI=1S/C16H22N2O6/c1-10(2)7-13(16(20)23-4)17-15(19)9-24-12-5-6-14(18(21)22)11(3)8-12/h5-6,8,10,13H,7,9H2,1-4H3,(H,17,19)/t13-/m0/s1. The van der Waals surface area contributed by atoms with Crippen molar-refractivity contribution in [3.05, 3.63) is 33.9 Å². The molecule has 1 rings (SSSR count). The summed E-state index contributed by atoms with van der Waals surface area (Å²) in [4.78, 5) is 33.9. The molecule has 8 heteroatoms. The van der Waals surface area contributed by atoms with Crippen molar-refractivity contribution in [3.8, 4) is 5.75 Å². The van der Waals surface area contributed by atoms with Crippen LogP contribution in [-0.2, 0) is 14.3 Å². The van der Waals surface area contributed by atoms with Crippen molar-refractivity contribution < 1.29 is 24.0 Å². The molecular formula is C16H22N2O6. The molecule has 0 saturated heterocycles. The molecule has 132 valence electrons. The number of nitro groups is 1. The molecule has 1 N–H and O–H groups in total. The number of nitrogens with one attached hydrogen (secondary N) is 1. The van der Waals surface area contributed by atoms with Crippen LogP contribution in [0.5, 0.6) is 5.75 Å². The number of benzene rings is 1. The Hall–Kier alpha value is -2.64. The highest BCUT2D eigenvalue weighted by atomic mass is 16.6. The second-order valence-corrected chi connectivity index (χ2v) is 5.77. The summed E-state index contributed by atoms with van der Waals surface area (Å²) in [5, 5.41) is 13.3. The molecule has 1 aromatic carbocycles. The topological polar surface area (TPSA) is 108 Å². The Morgan fingerprint density at radius 2 is 2.00 bits per heavy atom. The lowest BCUT2D eigenvalue weighted by Crippen LogP contribution is -2.44. The number of methoxy groups -OCH3 is 1. The molecule has 0 aliphatic heterocycles. The third-order valence-electron chi connectivity index (χ3n) is 3.26. The maximum absolute atomic E-state index is 11.9. The average molecular weight is 338 g/mol. The first-order chi connectivity index (χ1) is 11.2. The Morgan fingerprint density at radius 1 is 1.33 bits per heavy atom. The van der Waals surface area contributed by atoms with Crippen LogP contribution in [0.3, 0.4) is 0 Å². The fourth-order valence-electron chi connectivity index (χ4n) is 2.14. The van der Waals surface area contributed by atoms with Crippen molar-refractivity contribution in [2.24, 2.45) is 5.92 Å². The third-order valence-corrected chi connectivity index (χ3v) is 3.26. The Kier molecular flexibility index (Phi) is 7.16. The fraction of sp³-hybridized carbons (Fsp3) is 0.500. The van der Waals surface area contributed by atoms with Crippen molar-refractivity contribution in [1.29, 1.82) is 0 Å². The van der Waals surface area contributed by atoms with Gasteiger partial charge in [-0.05, 0) is 31.4 Å². The van der Waals surface area contributed by atoms with E-state index in [9.17, 15) is 19.7 Å². The number of hydrogen-bond acceptors (Lipinski definition) is 6. The van der Waals surface area contributed by atoms with Crippen molar-refractivity contribution in [1.82, 2.24) is 5.32 Å². The monoisotopic (exact) mass is 338 g/mol. The molecule has 0 heterocycles. The summed E-state index contributed by atoms with van der Waals surface area (Å²) in [7, 11) is 1.26. The van der Waals surface area contributed by atoms with Crippen LogP contribution in [0.25, 0.3) is 0 Å². The van der Waals surface area contributed by atoms with Crippen LogP contribution in [0.1, 0.15) is 25.8 Å². The van der Waals surface area contributed by atoms with Gasteiger partial charge in [0.25, 0.3) is 11.6 Å². The summed E-state index contributed by atoms with van der Waals surface area (Å²) in [6, 6.07) is 3.49. The van der Waals surface area contributed by atoms with E-state index < -0.39 is 22.8 Å². The van der Waals surface area contributed by atoms with Gasteiger partial charge in [-0.2, -0.15) is 0 Å². The van der Waals surface area contributed by atoms with E-state index in [1.165, 1.54) is 25.3 Å². The van der Waals surface area contributed by atoms with Gasteiger partial charge in [0.1, 0.15) is 11.8 Å². The lowest BCUT2D eigenvalue weighted by atomic mass is 10.0. The Bertz CT molecular complexity index is 615. The number of aryl methyl sites for hydroxylation is 1. The first kappa shape index (κ1) is 19.4. The van der Waals surface area contributed by atoms with E-state index in [4.69, 9.17) is 4.74 Å². The quantitative estimate of drug-likeness (QED) is 0.441. The summed E-state index contributed by atoms with van der Waals surface area (Å²) >= 11 is 0. The summed E-state index contributed by atoms with van der Waals surface area (Å²) in [5.74, 6) is -0.440. The van der Waals surface area contributed by atoms with Gasteiger partial charge in [-0.3, -0.25) is 14.9 Å². The maximum atomic E-state index is 11.9. The van der Waals surface area contributed by atoms with Crippen molar-refractivity contribution in [3.63, 3.8) is 0 Å². The predicted molar refractivity (Wildman–Crippen MR) is 86.7 cm³/mol. The largest absolute Gasteiger partial charge is 0.484 e. The van der Waals surface area contributed by atoms with Gasteiger partial charge >= 0.3 is 5.97 Å². The SMILES string of the molecule is COC(=O)[C@H](CC(C)C)NC(=O)COc1ccc([N+](=O)[O-])c(C)c1. The van der Waals surface area contributed by atoms with Crippen LogP contribution in [0.2, 0.25) is 0 Å². The molecule has 0 unspecified atom stereocenters. The van der Waals surface area contributed by atoms with Crippen LogP contribution in [0.4, 0.5) is 5.69 Å². The van der Waals surface area contributed by atoms with Crippen LogP contribution in [-0.4, -0.2) is 36.6 Å². The number of carbonyl (C=O) groups excluding carboxylic acids is 2. The molecular weight excluding hydrogens is 316 g/mol. The summed E-state index contributed by atoms with van der Waals surface area (Å²) in [6.45, 7) is 5.14. The van der Waals surface area contributed by atoms with E-state index in [1.807, 2.05) is 13.8 Å². The number of nitrogens with zero attached hydrogens (tertiary/aromatic N) is 1. The zero-order valence-corrected chi connectivity index (χ0v) is 14.2. The second-order valence-electron chi connectivity index (χ2n) is 5.77. The van der Waals surface area contributed by atoms with Gasteiger partial charge in [-0.15, -0.1) is 0 Å². The number of esters is 1. The molecule has 0 radical (unpaired) electrons. The van der Waals surface area contributed by atoms with E-state index in [2.05, 4.69) is 10.1 Å². The molecule has 1 atom stereocenters. The Balaban J connectivity index is 2.63. The Labute approximate surface area is 140 Å². The predicted octanol–water partition coefficient (Wildman–Crippen LogP) is 1.99. The van der Waals surface area contributed by atoms with Crippen LogP contribution < -0.4 is 10.1 Å². The van der Waals surface area contributed by atoms with Gasteiger partial charge in [0.05, 0.1) is 12.0 Å². The van der Waals surface area contributed by atoms with E-state index in [0.717, 1.165) is 0 Å². The third kappa shape index (κ3) is 5.86. The number of carbonyl (C=O) groups is 2. The van der Waals surface area contributed by atoms with E-state index >= 15 is 0 Å². The Morgan fingerprint density at radius 3 is 2.50 bits per heavy atom.